The molecule has 4 unspecified atom stereocenters. The van der Waals surface area contributed by atoms with Crippen LogP contribution in [0.2, 0.25) is 0 Å². The third-order valence-corrected chi connectivity index (χ3v) is 4.31. The van der Waals surface area contributed by atoms with Crippen LogP contribution in [0.25, 0.3) is 0 Å². The maximum Gasteiger partial charge on any atom is 0.237 e. The van der Waals surface area contributed by atoms with Gasteiger partial charge in [0, 0.05) is 25.7 Å². The summed E-state index contributed by atoms with van der Waals surface area (Å²) in [4.78, 5) is 14.4. The standard InChI is InChI=1S/C14H27N3O2/c1-10-4-3-5-17(9-10)11(2)7-16-14(19)13-6-12(18)8-15-13/h10-13,15,18H,3-9H2,1-2H3,(H,16,19). The van der Waals surface area contributed by atoms with Gasteiger partial charge in [-0.05, 0) is 38.6 Å². The van der Waals surface area contributed by atoms with E-state index < -0.39 is 0 Å². The van der Waals surface area contributed by atoms with Crippen molar-refractivity contribution in [2.45, 2.75) is 51.3 Å². The number of hydrogen-bond donors (Lipinski definition) is 3. The molecule has 110 valence electrons. The Kier molecular flexibility index (Phi) is 5.19. The van der Waals surface area contributed by atoms with Gasteiger partial charge in [-0.1, -0.05) is 6.92 Å². The van der Waals surface area contributed by atoms with Gasteiger partial charge in [-0.3, -0.25) is 9.69 Å². The third-order valence-electron chi connectivity index (χ3n) is 4.31. The lowest BCUT2D eigenvalue weighted by Gasteiger charge is -2.35. The average Bonchev–Trinajstić information content (AvgIpc) is 2.82. The van der Waals surface area contributed by atoms with Crippen LogP contribution in [-0.4, -0.2) is 60.3 Å². The van der Waals surface area contributed by atoms with Crippen molar-refractivity contribution in [3.05, 3.63) is 0 Å². The van der Waals surface area contributed by atoms with Crippen molar-refractivity contribution in [2.75, 3.05) is 26.2 Å². The van der Waals surface area contributed by atoms with Crippen molar-refractivity contribution in [1.29, 1.82) is 0 Å². The minimum Gasteiger partial charge on any atom is -0.392 e. The molecule has 2 aliphatic heterocycles. The van der Waals surface area contributed by atoms with Crippen LogP contribution in [0.5, 0.6) is 0 Å². The van der Waals surface area contributed by atoms with Crippen molar-refractivity contribution in [3.8, 4) is 0 Å². The molecule has 0 aromatic heterocycles. The Morgan fingerprint density at radius 1 is 1.58 bits per heavy atom. The fraction of sp³-hybridized carbons (Fsp3) is 0.929. The number of rotatable bonds is 4. The molecule has 0 aromatic carbocycles. The molecule has 19 heavy (non-hydrogen) atoms. The van der Waals surface area contributed by atoms with Gasteiger partial charge in [0.05, 0.1) is 12.1 Å². The van der Waals surface area contributed by atoms with E-state index in [9.17, 15) is 9.90 Å². The highest BCUT2D eigenvalue weighted by Gasteiger charge is 2.28. The summed E-state index contributed by atoms with van der Waals surface area (Å²) in [6.45, 7) is 7.97. The molecule has 0 aliphatic carbocycles. The lowest BCUT2D eigenvalue weighted by atomic mass is 9.99. The van der Waals surface area contributed by atoms with E-state index in [0.717, 1.165) is 19.0 Å². The first-order valence-electron chi connectivity index (χ1n) is 7.49. The molecule has 3 N–H and O–H groups in total. The zero-order chi connectivity index (χ0) is 13.8. The molecule has 0 saturated carbocycles. The van der Waals surface area contributed by atoms with Gasteiger partial charge in [-0.2, -0.15) is 0 Å². The fourth-order valence-corrected chi connectivity index (χ4v) is 3.04. The molecule has 0 aromatic rings. The van der Waals surface area contributed by atoms with Gasteiger partial charge in [0.25, 0.3) is 0 Å². The molecule has 5 nitrogen and oxygen atoms in total. The van der Waals surface area contributed by atoms with E-state index in [0.29, 0.717) is 25.6 Å². The average molecular weight is 269 g/mol. The Hall–Kier alpha value is -0.650. The van der Waals surface area contributed by atoms with E-state index in [1.165, 1.54) is 12.8 Å². The molecule has 2 aliphatic rings. The first kappa shape index (κ1) is 14.8. The predicted molar refractivity (Wildman–Crippen MR) is 74.9 cm³/mol. The summed E-state index contributed by atoms with van der Waals surface area (Å²) in [5.74, 6) is 0.784. The van der Waals surface area contributed by atoms with E-state index in [-0.39, 0.29) is 18.1 Å². The summed E-state index contributed by atoms with van der Waals surface area (Å²) in [7, 11) is 0. The highest BCUT2D eigenvalue weighted by molar-refractivity contribution is 5.82. The number of β-amino-alcohol motifs (C(OH)–C–C–N with tert-alkyl or cyclic N) is 1. The molecule has 0 spiro atoms. The summed E-state index contributed by atoms with van der Waals surface area (Å²) in [5.41, 5.74) is 0. The van der Waals surface area contributed by atoms with Gasteiger partial charge in [0.15, 0.2) is 0 Å². The zero-order valence-electron chi connectivity index (χ0n) is 12.1. The Bertz CT molecular complexity index is 311. The molecule has 4 atom stereocenters. The van der Waals surface area contributed by atoms with Gasteiger partial charge in [0.2, 0.25) is 5.91 Å². The first-order chi connectivity index (χ1) is 9.06. The summed E-state index contributed by atoms with van der Waals surface area (Å²) < 4.78 is 0. The van der Waals surface area contributed by atoms with Crippen molar-refractivity contribution in [3.63, 3.8) is 0 Å². The van der Waals surface area contributed by atoms with Crippen LogP contribution >= 0.6 is 0 Å². The lowest BCUT2D eigenvalue weighted by molar-refractivity contribution is -0.123. The number of piperidine rings is 1. The first-order valence-corrected chi connectivity index (χ1v) is 7.49. The Labute approximate surface area is 115 Å². The number of carbonyl (C=O) groups excluding carboxylic acids is 1. The number of aliphatic hydroxyl groups is 1. The SMILES string of the molecule is CC1CCCN(C(C)CNC(=O)C2CC(O)CN2)C1. The summed E-state index contributed by atoms with van der Waals surface area (Å²) in [6.07, 6.45) is 2.73. The second kappa shape index (κ2) is 6.68. The molecule has 0 radical (unpaired) electrons. The quantitative estimate of drug-likeness (QED) is 0.669. The fourth-order valence-electron chi connectivity index (χ4n) is 3.04. The van der Waals surface area contributed by atoms with Crippen molar-refractivity contribution in [2.24, 2.45) is 5.92 Å². The second-order valence-electron chi connectivity index (χ2n) is 6.19. The van der Waals surface area contributed by atoms with E-state index in [4.69, 9.17) is 0 Å². The monoisotopic (exact) mass is 269 g/mol. The Morgan fingerprint density at radius 3 is 3.00 bits per heavy atom. The van der Waals surface area contributed by atoms with Gasteiger partial charge in [-0.15, -0.1) is 0 Å². The number of carbonyl (C=O) groups is 1. The molecule has 2 saturated heterocycles. The van der Waals surface area contributed by atoms with Crippen molar-refractivity contribution < 1.29 is 9.90 Å². The van der Waals surface area contributed by atoms with Crippen molar-refractivity contribution >= 4 is 5.91 Å². The van der Waals surface area contributed by atoms with Crippen LogP contribution < -0.4 is 10.6 Å². The summed E-state index contributed by atoms with van der Waals surface area (Å²) in [5, 5.41) is 15.5. The van der Waals surface area contributed by atoms with Crippen LogP contribution in [-0.2, 0) is 4.79 Å². The van der Waals surface area contributed by atoms with Gasteiger partial charge in [0.1, 0.15) is 0 Å². The summed E-state index contributed by atoms with van der Waals surface area (Å²) in [6, 6.07) is 0.167. The zero-order valence-corrected chi connectivity index (χ0v) is 12.1. The number of aliphatic hydroxyl groups excluding tert-OH is 1. The topological polar surface area (TPSA) is 64.6 Å². The number of hydrogen-bond acceptors (Lipinski definition) is 4. The third kappa shape index (κ3) is 4.16. The number of likely N-dealkylation sites (tertiary alicyclic amines) is 1. The van der Waals surface area contributed by atoms with Gasteiger partial charge < -0.3 is 15.7 Å². The largest absolute Gasteiger partial charge is 0.392 e. The van der Waals surface area contributed by atoms with Crippen molar-refractivity contribution in [1.82, 2.24) is 15.5 Å². The molecular formula is C14H27N3O2. The van der Waals surface area contributed by atoms with Crippen LogP contribution in [0.3, 0.4) is 0 Å². The molecule has 2 rings (SSSR count). The smallest absolute Gasteiger partial charge is 0.237 e. The van der Waals surface area contributed by atoms with E-state index >= 15 is 0 Å². The minimum atomic E-state index is -0.379. The van der Waals surface area contributed by atoms with Gasteiger partial charge >= 0.3 is 0 Å². The van der Waals surface area contributed by atoms with E-state index in [1.54, 1.807) is 0 Å². The van der Waals surface area contributed by atoms with Gasteiger partial charge in [-0.25, -0.2) is 0 Å². The summed E-state index contributed by atoms with van der Waals surface area (Å²) >= 11 is 0. The molecule has 2 heterocycles. The second-order valence-corrected chi connectivity index (χ2v) is 6.19. The molecule has 1 amide bonds. The lowest BCUT2D eigenvalue weighted by Crippen LogP contribution is -2.49. The maximum absolute atomic E-state index is 11.9. The Balaban J connectivity index is 1.70. The number of amides is 1. The molecule has 2 fully saturated rings. The molecular weight excluding hydrogens is 242 g/mol. The number of nitrogens with one attached hydrogen (secondary N) is 2. The number of nitrogens with zero attached hydrogens (tertiary/aromatic N) is 1. The van der Waals surface area contributed by atoms with Crippen LogP contribution in [0.1, 0.15) is 33.1 Å². The molecule has 5 heteroatoms. The predicted octanol–water partition coefficient (Wildman–Crippen LogP) is -0.0542. The minimum absolute atomic E-state index is 0.0217. The normalized spacial score (nSPS) is 34.2. The van der Waals surface area contributed by atoms with Crippen LogP contribution in [0.15, 0.2) is 0 Å². The highest BCUT2D eigenvalue weighted by Crippen LogP contribution is 2.17. The highest BCUT2D eigenvalue weighted by atomic mass is 16.3. The van der Waals surface area contributed by atoms with E-state index in [1.807, 2.05) is 0 Å². The van der Waals surface area contributed by atoms with E-state index in [2.05, 4.69) is 29.4 Å². The maximum atomic E-state index is 11.9. The van der Waals surface area contributed by atoms with Crippen LogP contribution in [0.4, 0.5) is 0 Å². The molecule has 0 bridgehead atoms. The Morgan fingerprint density at radius 2 is 2.37 bits per heavy atom. The van der Waals surface area contributed by atoms with Crippen LogP contribution in [0, 0.1) is 5.92 Å².